The van der Waals surface area contributed by atoms with Crippen molar-refractivity contribution in [2.24, 2.45) is 0 Å². The molecule has 20 heavy (non-hydrogen) atoms. The summed E-state index contributed by atoms with van der Waals surface area (Å²) >= 11 is 0. The highest BCUT2D eigenvalue weighted by Crippen LogP contribution is 2.24. The van der Waals surface area contributed by atoms with Crippen LogP contribution in [-0.2, 0) is 6.54 Å². The van der Waals surface area contributed by atoms with Crippen molar-refractivity contribution in [2.45, 2.75) is 20.4 Å². The normalized spacial score (nSPS) is 10.7. The van der Waals surface area contributed by atoms with Crippen molar-refractivity contribution in [1.82, 2.24) is 9.78 Å². The Morgan fingerprint density at radius 3 is 2.65 bits per heavy atom. The van der Waals surface area contributed by atoms with Crippen LogP contribution in [0, 0.1) is 18.6 Å². The average molecular weight is 280 g/mol. The van der Waals surface area contributed by atoms with Crippen LogP contribution in [0.15, 0.2) is 18.3 Å². The number of methoxy groups -OCH3 is 1. The van der Waals surface area contributed by atoms with Gasteiger partial charge in [0.05, 0.1) is 18.9 Å². The zero-order valence-corrected chi connectivity index (χ0v) is 11.4. The first-order chi connectivity index (χ1) is 9.49. The smallest absolute Gasteiger partial charge is 0.217 e. The fourth-order valence-corrected chi connectivity index (χ4v) is 1.95. The van der Waals surface area contributed by atoms with Gasteiger partial charge < -0.3 is 4.74 Å². The molecule has 4 nitrogen and oxygen atoms in total. The molecular weight excluding hydrogens is 266 g/mol. The van der Waals surface area contributed by atoms with E-state index in [-0.39, 0.29) is 22.6 Å². The maximum atomic E-state index is 13.8. The molecular formula is C14H14F2N2O2. The fraction of sp³-hybridized carbons (Fsp3) is 0.286. The molecule has 0 spiro atoms. The summed E-state index contributed by atoms with van der Waals surface area (Å²) in [6.45, 7) is 3.71. The lowest BCUT2D eigenvalue weighted by Gasteiger charge is -2.08. The number of hydrogen-bond acceptors (Lipinski definition) is 3. The Bertz CT molecular complexity index is 644. The number of aromatic nitrogens is 2. The lowest BCUT2D eigenvalue weighted by molar-refractivity contribution is 0.102. The maximum absolute atomic E-state index is 13.8. The van der Waals surface area contributed by atoms with Gasteiger partial charge in [-0.05, 0) is 25.5 Å². The highest BCUT2D eigenvalue weighted by Gasteiger charge is 2.23. The first-order valence-corrected chi connectivity index (χ1v) is 6.09. The van der Waals surface area contributed by atoms with Gasteiger partial charge in [-0.1, -0.05) is 0 Å². The number of aryl methyl sites for hydroxylation is 2. The van der Waals surface area contributed by atoms with Crippen molar-refractivity contribution in [2.75, 3.05) is 7.11 Å². The molecule has 0 aliphatic carbocycles. The number of carbonyl (C=O) groups excluding carboxylic acids is 1. The van der Waals surface area contributed by atoms with Gasteiger partial charge >= 0.3 is 0 Å². The molecule has 0 unspecified atom stereocenters. The Morgan fingerprint density at radius 2 is 2.05 bits per heavy atom. The van der Waals surface area contributed by atoms with E-state index in [1.54, 1.807) is 6.92 Å². The van der Waals surface area contributed by atoms with Crippen molar-refractivity contribution in [1.29, 1.82) is 0 Å². The molecule has 2 aromatic rings. The number of rotatable bonds is 4. The molecule has 0 amide bonds. The third-order valence-electron chi connectivity index (χ3n) is 3.03. The molecule has 0 saturated carbocycles. The van der Waals surface area contributed by atoms with Gasteiger partial charge in [-0.2, -0.15) is 5.10 Å². The van der Waals surface area contributed by atoms with Crippen LogP contribution in [-0.4, -0.2) is 22.7 Å². The maximum Gasteiger partial charge on any atom is 0.217 e. The van der Waals surface area contributed by atoms with Crippen molar-refractivity contribution in [3.8, 4) is 5.75 Å². The van der Waals surface area contributed by atoms with Gasteiger partial charge in [0.2, 0.25) is 5.78 Å². The van der Waals surface area contributed by atoms with Crippen molar-refractivity contribution < 1.29 is 18.3 Å². The Labute approximate surface area is 115 Å². The molecule has 0 fully saturated rings. The summed E-state index contributed by atoms with van der Waals surface area (Å²) in [6, 6.07) is 1.90. The zero-order valence-electron chi connectivity index (χ0n) is 11.4. The van der Waals surface area contributed by atoms with Gasteiger partial charge in [0, 0.05) is 12.6 Å². The molecule has 1 aromatic heterocycles. The number of ketones is 1. The summed E-state index contributed by atoms with van der Waals surface area (Å²) < 4.78 is 33.6. The second-order valence-corrected chi connectivity index (χ2v) is 4.29. The monoisotopic (exact) mass is 280 g/mol. The molecule has 0 aliphatic rings. The second-order valence-electron chi connectivity index (χ2n) is 4.29. The first-order valence-electron chi connectivity index (χ1n) is 6.09. The van der Waals surface area contributed by atoms with Gasteiger partial charge in [0.25, 0.3) is 0 Å². The number of nitrogens with zero attached hydrogens (tertiary/aromatic N) is 2. The Hall–Kier alpha value is -2.24. The van der Waals surface area contributed by atoms with Crippen LogP contribution in [0.25, 0.3) is 0 Å². The minimum atomic E-state index is -0.899. The first kappa shape index (κ1) is 14.2. The molecule has 0 bridgehead atoms. The van der Waals surface area contributed by atoms with E-state index in [1.807, 2.05) is 0 Å². The van der Waals surface area contributed by atoms with Gasteiger partial charge in [0.1, 0.15) is 11.6 Å². The van der Waals surface area contributed by atoms with Crippen molar-refractivity contribution in [3.63, 3.8) is 0 Å². The van der Waals surface area contributed by atoms with E-state index in [0.717, 1.165) is 0 Å². The third-order valence-corrected chi connectivity index (χ3v) is 3.03. The molecule has 0 N–H and O–H groups in total. The van der Waals surface area contributed by atoms with Crippen LogP contribution in [0.3, 0.4) is 0 Å². The molecule has 0 radical (unpaired) electrons. The van der Waals surface area contributed by atoms with E-state index >= 15 is 0 Å². The number of halogens is 2. The molecule has 1 heterocycles. The van der Waals surface area contributed by atoms with E-state index in [4.69, 9.17) is 4.74 Å². The van der Waals surface area contributed by atoms with Crippen LogP contribution in [0.5, 0.6) is 5.75 Å². The zero-order chi connectivity index (χ0) is 14.9. The Kier molecular flexibility index (Phi) is 3.83. The van der Waals surface area contributed by atoms with Gasteiger partial charge in [-0.15, -0.1) is 0 Å². The minimum Gasteiger partial charge on any atom is -0.493 e. The third kappa shape index (κ3) is 2.29. The van der Waals surface area contributed by atoms with Crippen LogP contribution in [0.2, 0.25) is 0 Å². The lowest BCUT2D eigenvalue weighted by atomic mass is 10.0. The van der Waals surface area contributed by atoms with Crippen LogP contribution >= 0.6 is 0 Å². The van der Waals surface area contributed by atoms with Crippen molar-refractivity contribution >= 4 is 5.78 Å². The van der Waals surface area contributed by atoms with Crippen LogP contribution in [0.4, 0.5) is 8.78 Å². The number of benzene rings is 1. The number of carbonyl (C=O) groups is 1. The predicted octanol–water partition coefficient (Wildman–Crippen LogP) is 2.73. The summed E-state index contributed by atoms with van der Waals surface area (Å²) in [5.74, 6) is -1.90. The Balaban J connectivity index is 2.57. The molecule has 2 rings (SSSR count). The van der Waals surface area contributed by atoms with Gasteiger partial charge in [-0.25, -0.2) is 8.78 Å². The molecule has 0 atom stereocenters. The molecule has 106 valence electrons. The number of ether oxygens (including phenoxy) is 1. The van der Waals surface area contributed by atoms with E-state index in [2.05, 4.69) is 5.10 Å². The largest absolute Gasteiger partial charge is 0.493 e. The van der Waals surface area contributed by atoms with Crippen molar-refractivity contribution in [3.05, 3.63) is 46.8 Å². The molecule has 0 aliphatic heterocycles. The second kappa shape index (κ2) is 5.40. The molecule has 6 heteroatoms. The van der Waals surface area contributed by atoms with Crippen LogP contribution < -0.4 is 4.74 Å². The SMILES string of the molecule is CCn1ncc(OC)c1C(=O)c1cc(C)c(F)cc1F. The minimum absolute atomic E-state index is 0.153. The summed E-state index contributed by atoms with van der Waals surface area (Å²) in [7, 11) is 1.40. The van der Waals surface area contributed by atoms with Gasteiger partial charge in [-0.3, -0.25) is 9.48 Å². The molecule has 0 saturated heterocycles. The summed E-state index contributed by atoms with van der Waals surface area (Å²) in [5, 5.41) is 4.00. The van der Waals surface area contributed by atoms with E-state index in [1.165, 1.54) is 31.0 Å². The van der Waals surface area contributed by atoms with Gasteiger partial charge in [0.15, 0.2) is 11.4 Å². The summed E-state index contributed by atoms with van der Waals surface area (Å²) in [6.07, 6.45) is 1.39. The van der Waals surface area contributed by atoms with E-state index < -0.39 is 17.4 Å². The standard InChI is InChI=1S/C14H14F2N2O2/c1-4-18-13(12(20-3)7-17-18)14(19)9-5-8(2)10(15)6-11(9)16/h5-7H,4H2,1-3H3. The summed E-state index contributed by atoms with van der Waals surface area (Å²) in [5.41, 5.74) is 0.161. The highest BCUT2D eigenvalue weighted by molar-refractivity contribution is 6.09. The topological polar surface area (TPSA) is 44.1 Å². The Morgan fingerprint density at radius 1 is 1.35 bits per heavy atom. The van der Waals surface area contributed by atoms with Crippen LogP contribution in [0.1, 0.15) is 28.5 Å². The fourth-order valence-electron chi connectivity index (χ4n) is 1.95. The molecule has 1 aromatic carbocycles. The van der Waals surface area contributed by atoms with E-state index in [0.29, 0.717) is 12.6 Å². The predicted molar refractivity (Wildman–Crippen MR) is 69.0 cm³/mol. The van der Waals surface area contributed by atoms with E-state index in [9.17, 15) is 13.6 Å². The quantitative estimate of drug-likeness (QED) is 0.809. The average Bonchev–Trinajstić information content (AvgIpc) is 2.85. The lowest BCUT2D eigenvalue weighted by Crippen LogP contribution is -2.13. The number of hydrogen-bond donors (Lipinski definition) is 0. The summed E-state index contributed by atoms with van der Waals surface area (Å²) in [4.78, 5) is 12.4. The highest BCUT2D eigenvalue weighted by atomic mass is 19.1.